The number of carbonyl (C=O) groups is 1. The summed E-state index contributed by atoms with van der Waals surface area (Å²) in [5.74, 6) is -0.604. The predicted molar refractivity (Wildman–Crippen MR) is 180 cm³/mol. The van der Waals surface area contributed by atoms with E-state index in [1.807, 2.05) is 39.8 Å². The number of nitrogens with zero attached hydrogens (tertiary/aromatic N) is 1. The number of rotatable bonds is 7. The molecule has 0 aliphatic carbocycles. The number of cyclic esters (lactones) is 1. The topological polar surface area (TPSA) is 105 Å². The molecule has 2 bridgehead atoms. The zero-order chi connectivity index (χ0) is 35.0. The normalized spacial score (nSPS) is 50.4. The minimum Gasteiger partial charge on any atom is -0.462 e. The molecule has 2 unspecified atom stereocenters. The van der Waals surface area contributed by atoms with Crippen LogP contribution in [0.25, 0.3) is 0 Å². The molecule has 4 aliphatic heterocycles. The molecule has 0 amide bonds. The Morgan fingerprint density at radius 3 is 2.19 bits per heavy atom. The quantitative estimate of drug-likeness (QED) is 0.346. The third kappa shape index (κ3) is 8.73. The van der Waals surface area contributed by atoms with Gasteiger partial charge in [-0.05, 0) is 92.2 Å². The second-order valence-corrected chi connectivity index (χ2v) is 16.5. The van der Waals surface area contributed by atoms with Gasteiger partial charge in [0.1, 0.15) is 12.2 Å². The monoisotopic (exact) mass is 669 g/mol. The van der Waals surface area contributed by atoms with E-state index in [4.69, 9.17) is 33.2 Å². The van der Waals surface area contributed by atoms with Crippen LogP contribution in [0.3, 0.4) is 0 Å². The van der Waals surface area contributed by atoms with Gasteiger partial charge in [0.25, 0.3) is 0 Å². The Bertz CT molecular complexity index is 1030. The van der Waals surface area contributed by atoms with Crippen LogP contribution in [0.2, 0.25) is 0 Å². The number of likely N-dealkylation sites (N-methyl/N-ethyl adjacent to an activating group) is 1. The summed E-state index contributed by atoms with van der Waals surface area (Å²) in [5, 5.41) is 11.6. The average Bonchev–Trinajstić information content (AvgIpc) is 3.31. The molecular formula is C37H67NO9. The van der Waals surface area contributed by atoms with Gasteiger partial charge in [-0.15, -0.1) is 0 Å². The Hall–Kier alpha value is -0.850. The maximum absolute atomic E-state index is 14.0. The maximum Gasteiger partial charge on any atom is 0.311 e. The lowest BCUT2D eigenvalue weighted by Gasteiger charge is -2.48. The highest BCUT2D eigenvalue weighted by Gasteiger charge is 2.55. The molecule has 0 aromatic heterocycles. The van der Waals surface area contributed by atoms with Crippen LogP contribution in [0.1, 0.15) is 108 Å². The summed E-state index contributed by atoms with van der Waals surface area (Å²) < 4.78 is 45.9. The van der Waals surface area contributed by atoms with E-state index in [0.717, 1.165) is 25.7 Å². The summed E-state index contributed by atoms with van der Waals surface area (Å²) in [6.07, 6.45) is 0.368. The maximum atomic E-state index is 14.0. The SMILES string of the molecule is CC[C@H]1OC(=O)[C@H](C)[C@@H](O[C@H]2C[C@@](C)(OC)C[C@H](C)O2)[C@H](C)[C@@H](O[C@@H]2O[C@H](C)C[C@H](N(C)C)[C@H]2O)C2(C)C[C@@H](C)C(O2)[C@H](C)C[C@H]1C. The molecule has 0 saturated carbocycles. The fourth-order valence-electron chi connectivity index (χ4n) is 9.27. The van der Waals surface area contributed by atoms with Gasteiger partial charge in [-0.25, -0.2) is 0 Å². The van der Waals surface area contributed by atoms with Crippen molar-refractivity contribution < 1.29 is 43.1 Å². The van der Waals surface area contributed by atoms with E-state index in [-0.39, 0.29) is 60.1 Å². The number of aliphatic hydroxyl groups is 1. The second-order valence-electron chi connectivity index (χ2n) is 16.5. The molecule has 1 N–H and O–H groups in total. The summed E-state index contributed by atoms with van der Waals surface area (Å²) in [5.41, 5.74) is -1.16. The van der Waals surface area contributed by atoms with Gasteiger partial charge in [-0.2, -0.15) is 0 Å². The van der Waals surface area contributed by atoms with Crippen LogP contribution in [-0.4, -0.2) is 110 Å². The van der Waals surface area contributed by atoms with E-state index < -0.39 is 48.0 Å². The van der Waals surface area contributed by atoms with E-state index in [0.29, 0.717) is 12.8 Å². The molecule has 10 nitrogen and oxygen atoms in total. The summed E-state index contributed by atoms with van der Waals surface area (Å²) in [6.45, 7) is 21.0. The van der Waals surface area contributed by atoms with Crippen LogP contribution in [0, 0.1) is 29.6 Å². The van der Waals surface area contributed by atoms with Crippen molar-refractivity contribution in [2.24, 2.45) is 29.6 Å². The Kier molecular flexibility index (Phi) is 12.9. The van der Waals surface area contributed by atoms with Crippen molar-refractivity contribution in [1.82, 2.24) is 4.90 Å². The number of hydrogen-bond acceptors (Lipinski definition) is 10. The average molecular weight is 670 g/mol. The molecule has 0 aromatic carbocycles. The Morgan fingerprint density at radius 1 is 0.894 bits per heavy atom. The molecule has 0 radical (unpaired) electrons. The molecular weight excluding hydrogens is 602 g/mol. The van der Waals surface area contributed by atoms with Gasteiger partial charge >= 0.3 is 5.97 Å². The predicted octanol–water partition coefficient (Wildman–Crippen LogP) is 5.57. The first-order chi connectivity index (χ1) is 21.9. The summed E-state index contributed by atoms with van der Waals surface area (Å²) in [6, 6.07) is -0.130. The molecule has 47 heavy (non-hydrogen) atoms. The highest BCUT2D eigenvalue weighted by atomic mass is 16.7. The highest BCUT2D eigenvalue weighted by molar-refractivity contribution is 5.73. The standard InChI is InChI=1S/C37H67NO9/c1-14-28-20(2)15-21(3)31-22(4)17-37(10,47-31)33(46-35-30(39)27(38(11)12)16-23(5)43-35)25(7)32(26(8)34(40)44-28)45-29-19-36(9,41-13)18-24(6)42-29/h20-33,35,39H,14-19H2,1-13H3/t20-,21-,22-,23-,24+,25+,26-,27+,28-,29+,30-,31?,32+,33-,35+,36+,37?/m1/s1. The third-order valence-corrected chi connectivity index (χ3v) is 11.8. The Balaban J connectivity index is 1.78. The zero-order valence-corrected chi connectivity index (χ0v) is 31.6. The van der Waals surface area contributed by atoms with Crippen LogP contribution < -0.4 is 0 Å². The lowest BCUT2D eigenvalue weighted by Crippen LogP contribution is -2.59. The fourth-order valence-corrected chi connectivity index (χ4v) is 9.27. The van der Waals surface area contributed by atoms with Crippen molar-refractivity contribution in [3.05, 3.63) is 0 Å². The molecule has 4 fully saturated rings. The van der Waals surface area contributed by atoms with Gasteiger partial charge in [0.15, 0.2) is 12.6 Å². The lowest BCUT2D eigenvalue weighted by molar-refractivity contribution is -0.311. The van der Waals surface area contributed by atoms with Crippen molar-refractivity contribution in [3.63, 3.8) is 0 Å². The molecule has 4 aliphatic rings. The number of esters is 1. The molecule has 4 saturated heterocycles. The van der Waals surface area contributed by atoms with Crippen molar-refractivity contribution >= 4 is 5.97 Å². The molecule has 274 valence electrons. The van der Waals surface area contributed by atoms with Crippen molar-refractivity contribution in [2.75, 3.05) is 21.2 Å². The van der Waals surface area contributed by atoms with E-state index in [2.05, 4.69) is 48.5 Å². The summed E-state index contributed by atoms with van der Waals surface area (Å²) >= 11 is 0. The fraction of sp³-hybridized carbons (Fsp3) is 0.973. The summed E-state index contributed by atoms with van der Waals surface area (Å²) in [7, 11) is 5.67. The number of ether oxygens (including phenoxy) is 7. The van der Waals surface area contributed by atoms with E-state index in [1.165, 1.54) is 0 Å². The van der Waals surface area contributed by atoms with E-state index in [1.54, 1.807) is 7.11 Å². The molecule has 4 rings (SSSR count). The van der Waals surface area contributed by atoms with E-state index >= 15 is 0 Å². The van der Waals surface area contributed by atoms with Crippen LogP contribution in [-0.2, 0) is 38.0 Å². The van der Waals surface area contributed by atoms with Crippen molar-refractivity contribution in [2.45, 2.75) is 180 Å². The van der Waals surface area contributed by atoms with Crippen molar-refractivity contribution in [3.8, 4) is 0 Å². The van der Waals surface area contributed by atoms with Crippen LogP contribution in [0.4, 0.5) is 0 Å². The van der Waals surface area contributed by atoms with Crippen molar-refractivity contribution in [1.29, 1.82) is 0 Å². The molecule has 4 heterocycles. The Labute approximate surface area is 284 Å². The van der Waals surface area contributed by atoms with Gasteiger partial charge in [-0.3, -0.25) is 4.79 Å². The van der Waals surface area contributed by atoms with Gasteiger partial charge < -0.3 is 43.2 Å². The van der Waals surface area contributed by atoms with Gasteiger partial charge in [0, 0.05) is 31.9 Å². The summed E-state index contributed by atoms with van der Waals surface area (Å²) in [4.78, 5) is 16.1. The van der Waals surface area contributed by atoms with Gasteiger partial charge in [0.2, 0.25) is 0 Å². The molecule has 10 heteroatoms. The van der Waals surface area contributed by atoms with E-state index in [9.17, 15) is 9.90 Å². The third-order valence-electron chi connectivity index (χ3n) is 11.8. The first-order valence-electron chi connectivity index (χ1n) is 18.3. The van der Waals surface area contributed by atoms with Gasteiger partial charge in [0.05, 0.1) is 47.6 Å². The largest absolute Gasteiger partial charge is 0.462 e. The molecule has 0 spiro atoms. The van der Waals surface area contributed by atoms with Crippen LogP contribution >= 0.6 is 0 Å². The van der Waals surface area contributed by atoms with Gasteiger partial charge in [-0.1, -0.05) is 34.6 Å². The zero-order valence-electron chi connectivity index (χ0n) is 31.6. The number of carbonyl (C=O) groups excluding carboxylic acids is 1. The minimum atomic E-state index is -0.878. The number of methoxy groups -OCH3 is 1. The minimum absolute atomic E-state index is 0.00193. The first-order valence-corrected chi connectivity index (χ1v) is 18.3. The molecule has 17 atom stereocenters. The van der Waals surface area contributed by atoms with Crippen LogP contribution in [0.15, 0.2) is 0 Å². The first kappa shape index (κ1) is 38.9. The second kappa shape index (κ2) is 15.6. The number of fused-ring (bicyclic) bond motifs is 2. The number of aliphatic hydroxyl groups excluding tert-OH is 1. The number of hydrogen-bond donors (Lipinski definition) is 1. The molecule has 0 aromatic rings. The Morgan fingerprint density at radius 2 is 1.57 bits per heavy atom. The highest BCUT2D eigenvalue weighted by Crippen LogP contribution is 2.47. The van der Waals surface area contributed by atoms with Crippen LogP contribution in [0.5, 0.6) is 0 Å². The lowest BCUT2D eigenvalue weighted by atomic mass is 9.77. The smallest absolute Gasteiger partial charge is 0.311 e.